The van der Waals surface area contributed by atoms with Gasteiger partial charge in [0.05, 0.1) is 22.3 Å². The fraction of sp³-hybridized carbons (Fsp3) is 0.143. The van der Waals surface area contributed by atoms with Gasteiger partial charge in [0, 0.05) is 38.5 Å². The van der Waals surface area contributed by atoms with E-state index in [-0.39, 0.29) is 37.6 Å². The topological polar surface area (TPSA) is 50.9 Å². The smallest absolute Gasteiger partial charge is 0.148 e. The zero-order chi connectivity index (χ0) is 41.6. The molecule has 2 heterocycles. The van der Waals surface area contributed by atoms with E-state index in [1.807, 2.05) is 30.5 Å². The molecule has 0 radical (unpaired) electrons. The van der Waals surface area contributed by atoms with E-state index in [9.17, 15) is 5.11 Å². The van der Waals surface area contributed by atoms with E-state index >= 15 is 0 Å². The second-order valence-corrected chi connectivity index (χ2v) is 17.6. The summed E-state index contributed by atoms with van der Waals surface area (Å²) in [5.74, 6) is 0.819. The molecule has 7 aromatic carbocycles. The second kappa shape index (κ2) is 16.6. The van der Waals surface area contributed by atoms with Crippen molar-refractivity contribution < 1.29 is 26.2 Å². The molecule has 0 amide bonds. The predicted octanol–water partition coefficient (Wildman–Crippen LogP) is 14.5. The molecule has 1 N–H and O–H groups in total. The first kappa shape index (κ1) is 41.4. The van der Waals surface area contributed by atoms with Crippen molar-refractivity contribution in [2.45, 2.75) is 52.4 Å². The largest absolute Gasteiger partial charge is 0.507 e. The van der Waals surface area contributed by atoms with Gasteiger partial charge in [-0.1, -0.05) is 174 Å². The number of hydrogen-bond acceptors (Lipinski definition) is 3. The minimum absolute atomic E-state index is 0. The van der Waals surface area contributed by atoms with Gasteiger partial charge in [0.2, 0.25) is 0 Å². The van der Waals surface area contributed by atoms with Gasteiger partial charge in [-0.05, 0) is 80.6 Å². The number of aromatic nitrogens is 3. The third kappa shape index (κ3) is 8.13. The van der Waals surface area contributed by atoms with E-state index in [0.29, 0.717) is 11.4 Å². The summed E-state index contributed by atoms with van der Waals surface area (Å²) in [5, 5.41) is 11.5. The molecule has 304 valence electrons. The van der Waals surface area contributed by atoms with Crippen LogP contribution in [-0.2, 0) is 31.9 Å². The van der Waals surface area contributed by atoms with Gasteiger partial charge >= 0.3 is 0 Å². The van der Waals surface area contributed by atoms with Crippen LogP contribution in [0.4, 0.5) is 0 Å². The summed E-state index contributed by atoms with van der Waals surface area (Å²) in [6.45, 7) is 13.6. The number of hydrogen-bond donors (Lipinski definition) is 1. The number of phenols is 1. The van der Waals surface area contributed by atoms with Gasteiger partial charge in [-0.2, -0.15) is 0 Å². The molecule has 0 saturated heterocycles. The molecule has 61 heavy (non-hydrogen) atoms. The number of pyridine rings is 1. The number of fused-ring (bicyclic) bond motifs is 1. The SMILES string of the molecule is CC(C)(C)c1cc(-c2cc(-c3ccccc3)ccn2)[c-]c(-c2cccc3c2nc(-c2ccccc2O)n3-c2cc(-c3ccccc3)c(C(C)(C)C)cc2-c2ccccc2)c1.[Pt]. The standard InChI is InChI=1S/C56H48N3O.Pt/c1-55(2,3)43-32-41(31-42(33-43)49-34-40(29-30-57-49)37-19-10-7-11-20-37)44-26-18-27-50-53(44)58-54(45-25-16-17-28-52(45)60)59(50)51-36-46(38-21-12-8-13-22-38)48(56(4,5)6)35-47(51)39-23-14-9-15-24-39;/h7-30,32-36,60H,1-6H3;/q-1;. The van der Waals surface area contributed by atoms with Crippen molar-refractivity contribution in [3.8, 4) is 78.6 Å². The van der Waals surface area contributed by atoms with Crippen LogP contribution < -0.4 is 0 Å². The summed E-state index contributed by atoms with van der Waals surface area (Å²) in [6, 6.07) is 62.7. The monoisotopic (exact) mass is 973 g/mol. The van der Waals surface area contributed by atoms with Crippen LogP contribution in [0.15, 0.2) is 176 Å². The van der Waals surface area contributed by atoms with Gasteiger partial charge in [0.15, 0.2) is 0 Å². The molecule has 5 heteroatoms. The molecule has 0 spiro atoms. The number of para-hydroxylation sites is 2. The van der Waals surface area contributed by atoms with Crippen LogP contribution in [0.1, 0.15) is 52.7 Å². The Kier molecular flexibility index (Phi) is 11.3. The van der Waals surface area contributed by atoms with E-state index in [0.717, 1.165) is 72.5 Å². The number of aromatic hydroxyl groups is 1. The van der Waals surface area contributed by atoms with Crippen LogP contribution in [0.5, 0.6) is 5.75 Å². The Morgan fingerprint density at radius 1 is 0.508 bits per heavy atom. The van der Waals surface area contributed by atoms with Crippen molar-refractivity contribution in [2.75, 3.05) is 0 Å². The first-order chi connectivity index (χ1) is 28.9. The maximum Gasteiger partial charge on any atom is 0.148 e. The number of nitrogens with zero attached hydrogens (tertiary/aromatic N) is 3. The molecular formula is C56H48N3OPt-. The van der Waals surface area contributed by atoms with Crippen LogP contribution in [0.3, 0.4) is 0 Å². The first-order valence-corrected chi connectivity index (χ1v) is 20.6. The van der Waals surface area contributed by atoms with Gasteiger partial charge in [0.1, 0.15) is 11.6 Å². The summed E-state index contributed by atoms with van der Waals surface area (Å²) in [7, 11) is 0. The van der Waals surface area contributed by atoms with E-state index in [1.165, 1.54) is 11.1 Å². The van der Waals surface area contributed by atoms with Gasteiger partial charge in [-0.15, -0.1) is 29.3 Å². The number of rotatable bonds is 7. The summed E-state index contributed by atoms with van der Waals surface area (Å²) >= 11 is 0. The van der Waals surface area contributed by atoms with Crippen molar-refractivity contribution >= 4 is 11.0 Å². The normalized spacial score (nSPS) is 11.7. The van der Waals surface area contributed by atoms with Crippen molar-refractivity contribution in [3.63, 3.8) is 0 Å². The molecule has 0 bridgehead atoms. The number of phenolic OH excluding ortho intramolecular Hbond substituents is 1. The zero-order valence-electron chi connectivity index (χ0n) is 35.3. The first-order valence-electron chi connectivity index (χ1n) is 20.6. The maximum atomic E-state index is 11.5. The van der Waals surface area contributed by atoms with Crippen LogP contribution in [0.25, 0.3) is 83.9 Å². The van der Waals surface area contributed by atoms with E-state index in [1.54, 1.807) is 6.07 Å². The third-order valence-corrected chi connectivity index (χ3v) is 11.4. The van der Waals surface area contributed by atoms with Crippen LogP contribution >= 0.6 is 0 Å². The molecule has 0 aliphatic rings. The van der Waals surface area contributed by atoms with Gasteiger partial charge < -0.3 is 5.11 Å². The molecule has 4 nitrogen and oxygen atoms in total. The van der Waals surface area contributed by atoms with Crippen molar-refractivity contribution in [3.05, 3.63) is 193 Å². The van der Waals surface area contributed by atoms with Gasteiger partial charge in [-0.25, -0.2) is 4.98 Å². The molecule has 0 fully saturated rings. The second-order valence-electron chi connectivity index (χ2n) is 17.6. The Morgan fingerprint density at radius 3 is 1.74 bits per heavy atom. The number of benzene rings is 7. The fourth-order valence-corrected chi connectivity index (χ4v) is 8.18. The minimum Gasteiger partial charge on any atom is -0.507 e. The molecule has 0 aliphatic heterocycles. The molecule has 2 aromatic heterocycles. The zero-order valence-corrected chi connectivity index (χ0v) is 37.6. The van der Waals surface area contributed by atoms with Crippen molar-refractivity contribution in [2.24, 2.45) is 0 Å². The number of imidazole rings is 1. The van der Waals surface area contributed by atoms with Gasteiger partial charge in [0.25, 0.3) is 0 Å². The minimum atomic E-state index is -0.156. The summed E-state index contributed by atoms with van der Waals surface area (Å²) in [5.41, 5.74) is 15.8. The van der Waals surface area contributed by atoms with E-state index in [2.05, 4.69) is 192 Å². The third-order valence-electron chi connectivity index (χ3n) is 11.4. The molecule has 0 aliphatic carbocycles. The van der Waals surface area contributed by atoms with Crippen LogP contribution in [0, 0.1) is 6.07 Å². The predicted molar refractivity (Wildman–Crippen MR) is 249 cm³/mol. The average Bonchev–Trinajstić information content (AvgIpc) is 3.66. The molecule has 9 rings (SSSR count). The Hall–Kier alpha value is -6.35. The van der Waals surface area contributed by atoms with E-state index in [4.69, 9.17) is 9.97 Å². The molecule has 0 saturated carbocycles. The Labute approximate surface area is 373 Å². The average molecular weight is 974 g/mol. The van der Waals surface area contributed by atoms with Crippen molar-refractivity contribution in [1.82, 2.24) is 14.5 Å². The quantitative estimate of drug-likeness (QED) is 0.162. The Balaban J connectivity index is 0.00000514. The van der Waals surface area contributed by atoms with E-state index < -0.39 is 0 Å². The Bertz CT molecular complexity index is 2990. The van der Waals surface area contributed by atoms with Crippen molar-refractivity contribution in [1.29, 1.82) is 0 Å². The summed E-state index contributed by atoms with van der Waals surface area (Å²) in [4.78, 5) is 10.4. The van der Waals surface area contributed by atoms with Crippen LogP contribution in [-0.4, -0.2) is 19.6 Å². The maximum absolute atomic E-state index is 11.5. The molecule has 9 aromatic rings. The molecular weight excluding hydrogens is 926 g/mol. The summed E-state index contributed by atoms with van der Waals surface area (Å²) in [6.07, 6.45) is 1.88. The Morgan fingerprint density at radius 2 is 1.10 bits per heavy atom. The molecule has 0 unspecified atom stereocenters. The summed E-state index contributed by atoms with van der Waals surface area (Å²) < 4.78 is 2.24. The van der Waals surface area contributed by atoms with Gasteiger partial charge in [-0.3, -0.25) is 9.55 Å². The van der Waals surface area contributed by atoms with Crippen LogP contribution in [0.2, 0.25) is 0 Å². The molecule has 0 atom stereocenters. The fourth-order valence-electron chi connectivity index (χ4n) is 8.18.